The Balaban J connectivity index is 1.83. The zero-order chi connectivity index (χ0) is 24.0. The molecule has 3 aliphatic carbocycles. The lowest BCUT2D eigenvalue weighted by Gasteiger charge is -2.50. The van der Waals surface area contributed by atoms with Crippen LogP contribution in [0.15, 0.2) is 102 Å². The molecule has 2 aromatic carbocycles. The van der Waals surface area contributed by atoms with Crippen LogP contribution in [0.3, 0.4) is 0 Å². The average Bonchev–Trinajstić information content (AvgIpc) is 2.85. The molecule has 4 atom stereocenters. The van der Waals surface area contributed by atoms with Crippen LogP contribution in [0, 0.1) is 17.3 Å². The van der Waals surface area contributed by atoms with Crippen LogP contribution in [0.25, 0.3) is 6.08 Å². The topological polar surface area (TPSA) is 68.3 Å². The van der Waals surface area contributed by atoms with E-state index in [1.165, 1.54) is 12.2 Å². The van der Waals surface area contributed by atoms with Gasteiger partial charge in [-0.25, -0.2) is 0 Å². The Morgan fingerprint density at radius 3 is 2.06 bits per heavy atom. The molecule has 0 bridgehead atoms. The fourth-order valence-corrected chi connectivity index (χ4v) is 5.63. The largest absolute Gasteiger partial charge is 0.294 e. The van der Waals surface area contributed by atoms with E-state index < -0.39 is 23.2 Å². The lowest BCUT2D eigenvalue weighted by atomic mass is 9.48. The number of carbonyl (C=O) groups excluding carboxylic acids is 4. The van der Waals surface area contributed by atoms with Gasteiger partial charge >= 0.3 is 0 Å². The highest BCUT2D eigenvalue weighted by Crippen LogP contribution is 2.58. The zero-order valence-corrected chi connectivity index (χ0v) is 19.0. The summed E-state index contributed by atoms with van der Waals surface area (Å²) < 4.78 is 0. The summed E-state index contributed by atoms with van der Waals surface area (Å²) in [5.74, 6) is -3.56. The second-order valence-electron chi connectivity index (χ2n) is 9.25. The molecule has 0 spiro atoms. The van der Waals surface area contributed by atoms with E-state index >= 15 is 0 Å². The van der Waals surface area contributed by atoms with Crippen molar-refractivity contribution in [2.45, 2.75) is 19.8 Å². The lowest BCUT2D eigenvalue weighted by molar-refractivity contribution is -0.141. The standard InChI is InChI=1S/C30H24O4/c1-18-15-24(31)22-17-23(21-11-7-4-8-12-21)30(14-13-20-9-5-3-6-10-20)25(32)16-19(2)29(34)27(30)26(22)28(18)33/h3-17,23,26-27H,1-2H3/b14-13+/t23?,26-,27+,30-/m1/s1. The molecule has 0 heterocycles. The minimum Gasteiger partial charge on any atom is -0.294 e. The van der Waals surface area contributed by atoms with Crippen LogP contribution < -0.4 is 0 Å². The van der Waals surface area contributed by atoms with Gasteiger partial charge in [-0.05, 0) is 48.3 Å². The van der Waals surface area contributed by atoms with Gasteiger partial charge in [0, 0.05) is 11.5 Å². The molecule has 168 valence electrons. The molecule has 34 heavy (non-hydrogen) atoms. The number of hydrogen-bond donors (Lipinski definition) is 0. The number of benzene rings is 2. The Bertz CT molecular complexity index is 1340. The third-order valence-corrected chi connectivity index (χ3v) is 7.30. The Morgan fingerprint density at radius 1 is 0.765 bits per heavy atom. The van der Waals surface area contributed by atoms with Crippen LogP contribution in [0.2, 0.25) is 0 Å². The fourth-order valence-electron chi connectivity index (χ4n) is 5.63. The molecule has 1 unspecified atom stereocenters. The van der Waals surface area contributed by atoms with Crippen molar-refractivity contribution in [1.29, 1.82) is 0 Å². The van der Waals surface area contributed by atoms with E-state index in [0.29, 0.717) is 16.7 Å². The van der Waals surface area contributed by atoms with E-state index in [4.69, 9.17) is 0 Å². The minimum atomic E-state index is -1.32. The van der Waals surface area contributed by atoms with Gasteiger partial charge in [-0.1, -0.05) is 78.9 Å². The molecule has 0 fully saturated rings. The first-order chi connectivity index (χ1) is 16.3. The average molecular weight is 449 g/mol. The van der Waals surface area contributed by atoms with E-state index in [0.717, 1.165) is 11.1 Å². The molecule has 0 amide bonds. The highest BCUT2D eigenvalue weighted by molar-refractivity contribution is 6.23. The lowest BCUT2D eigenvalue weighted by Crippen LogP contribution is -2.56. The Morgan fingerprint density at radius 2 is 1.38 bits per heavy atom. The molecule has 0 radical (unpaired) electrons. The maximum Gasteiger partial charge on any atom is 0.182 e. The Labute approximate surface area is 198 Å². The summed E-state index contributed by atoms with van der Waals surface area (Å²) in [6, 6.07) is 19.0. The zero-order valence-electron chi connectivity index (χ0n) is 19.0. The second kappa shape index (κ2) is 8.14. The van der Waals surface area contributed by atoms with Crippen molar-refractivity contribution < 1.29 is 19.2 Å². The maximum absolute atomic E-state index is 13.9. The van der Waals surface area contributed by atoms with Crippen molar-refractivity contribution in [1.82, 2.24) is 0 Å². The highest BCUT2D eigenvalue weighted by atomic mass is 16.2. The summed E-state index contributed by atoms with van der Waals surface area (Å²) in [6.45, 7) is 3.21. The molecule has 4 heteroatoms. The molecule has 0 saturated carbocycles. The van der Waals surface area contributed by atoms with E-state index in [2.05, 4.69) is 0 Å². The molecule has 0 aromatic heterocycles. The summed E-state index contributed by atoms with van der Waals surface area (Å²) in [6.07, 6.45) is 8.15. The molecular weight excluding hydrogens is 424 g/mol. The first-order valence-electron chi connectivity index (χ1n) is 11.4. The van der Waals surface area contributed by atoms with Gasteiger partial charge in [-0.2, -0.15) is 0 Å². The van der Waals surface area contributed by atoms with Crippen LogP contribution in [-0.2, 0) is 19.2 Å². The maximum atomic E-state index is 13.9. The predicted molar refractivity (Wildman–Crippen MR) is 130 cm³/mol. The summed E-state index contributed by atoms with van der Waals surface area (Å²) >= 11 is 0. The highest BCUT2D eigenvalue weighted by Gasteiger charge is 2.62. The van der Waals surface area contributed by atoms with E-state index in [1.807, 2.05) is 66.7 Å². The monoisotopic (exact) mass is 448 g/mol. The van der Waals surface area contributed by atoms with Crippen molar-refractivity contribution in [2.75, 3.05) is 0 Å². The molecule has 0 N–H and O–H groups in total. The van der Waals surface area contributed by atoms with E-state index in [-0.39, 0.29) is 23.1 Å². The van der Waals surface area contributed by atoms with Gasteiger partial charge in [0.2, 0.25) is 0 Å². The van der Waals surface area contributed by atoms with Gasteiger partial charge in [0.1, 0.15) is 0 Å². The molecule has 5 rings (SSSR count). The smallest absolute Gasteiger partial charge is 0.182 e. The van der Waals surface area contributed by atoms with Gasteiger partial charge in [-0.3, -0.25) is 19.2 Å². The van der Waals surface area contributed by atoms with Crippen LogP contribution >= 0.6 is 0 Å². The van der Waals surface area contributed by atoms with Crippen LogP contribution in [0.5, 0.6) is 0 Å². The SMILES string of the molecule is CC1=CC(=O)C2=CC(c3ccccc3)[C@]3(/C=C/c4ccccc4)C(=O)C=C(C)C(=O)[C@@H]3[C@@H]2C1=O. The molecule has 3 aliphatic rings. The number of allylic oxidation sites excluding steroid dienone is 7. The molecule has 4 nitrogen and oxygen atoms in total. The van der Waals surface area contributed by atoms with Crippen molar-refractivity contribution in [3.8, 4) is 0 Å². The van der Waals surface area contributed by atoms with Gasteiger partial charge in [0.05, 0.1) is 17.3 Å². The summed E-state index contributed by atoms with van der Waals surface area (Å²) in [5.41, 5.74) is 1.32. The Hall–Kier alpha value is -3.92. The third-order valence-electron chi connectivity index (χ3n) is 7.30. The summed E-state index contributed by atoms with van der Waals surface area (Å²) in [5, 5.41) is 0. The first-order valence-corrected chi connectivity index (χ1v) is 11.4. The number of ketones is 4. The van der Waals surface area contributed by atoms with Crippen LogP contribution in [0.4, 0.5) is 0 Å². The predicted octanol–water partition coefficient (Wildman–Crippen LogP) is 4.84. The van der Waals surface area contributed by atoms with Crippen molar-refractivity contribution in [3.63, 3.8) is 0 Å². The Kier molecular flexibility index (Phi) is 5.24. The molecular formula is C30H24O4. The quantitative estimate of drug-likeness (QED) is 0.674. The number of rotatable bonds is 3. The van der Waals surface area contributed by atoms with Crippen LogP contribution in [0.1, 0.15) is 30.9 Å². The van der Waals surface area contributed by atoms with Gasteiger partial charge < -0.3 is 0 Å². The molecule has 0 aliphatic heterocycles. The van der Waals surface area contributed by atoms with Crippen molar-refractivity contribution in [3.05, 3.63) is 113 Å². The van der Waals surface area contributed by atoms with Gasteiger partial charge in [0.15, 0.2) is 23.1 Å². The minimum absolute atomic E-state index is 0.224. The number of Topliss-reactive ketones (excluding diaryl/α,β-unsaturated/α-hetero) is 2. The molecule has 0 saturated heterocycles. The first kappa shape index (κ1) is 21.9. The van der Waals surface area contributed by atoms with Gasteiger partial charge in [-0.15, -0.1) is 0 Å². The number of fused-ring (bicyclic) bond motifs is 3. The summed E-state index contributed by atoms with van der Waals surface area (Å²) in [7, 11) is 0. The molecule has 2 aromatic rings. The van der Waals surface area contributed by atoms with E-state index in [1.54, 1.807) is 26.0 Å². The number of carbonyl (C=O) groups is 4. The summed E-state index contributed by atoms with van der Waals surface area (Å²) in [4.78, 5) is 54.2. The van der Waals surface area contributed by atoms with Crippen LogP contribution in [-0.4, -0.2) is 23.1 Å². The van der Waals surface area contributed by atoms with Gasteiger partial charge in [0.25, 0.3) is 0 Å². The fraction of sp³-hybridized carbons (Fsp3) is 0.200. The third kappa shape index (κ3) is 3.21. The van der Waals surface area contributed by atoms with Crippen molar-refractivity contribution >= 4 is 29.2 Å². The second-order valence-corrected chi connectivity index (χ2v) is 9.25. The normalized spacial score (nSPS) is 28.8. The van der Waals surface area contributed by atoms with E-state index in [9.17, 15) is 19.2 Å². The number of hydrogen-bond acceptors (Lipinski definition) is 4. The van der Waals surface area contributed by atoms with Crippen molar-refractivity contribution in [2.24, 2.45) is 17.3 Å².